The molecule has 0 aliphatic rings. The molecular formula is CrGaScY. The van der Waals surface area contributed by atoms with Crippen LogP contribution in [0.3, 0.4) is 0 Å². The van der Waals surface area contributed by atoms with Crippen LogP contribution in [-0.4, -0.2) is 19.8 Å². The van der Waals surface area contributed by atoms with Crippen LogP contribution in [0, 0.1) is 0 Å². The van der Waals surface area contributed by atoms with Crippen molar-refractivity contribution in [3.05, 3.63) is 0 Å². The minimum atomic E-state index is 0. The van der Waals surface area contributed by atoms with Crippen molar-refractivity contribution < 1.29 is 75.9 Å². The van der Waals surface area contributed by atoms with Crippen LogP contribution in [0.4, 0.5) is 0 Å². The van der Waals surface area contributed by atoms with Crippen LogP contribution in [-0.2, 0) is 75.9 Å². The van der Waals surface area contributed by atoms with E-state index in [2.05, 4.69) is 0 Å². The molecule has 0 nitrogen and oxygen atoms in total. The Bertz CT molecular complexity index is 8.00. The van der Waals surface area contributed by atoms with Crippen LogP contribution >= 0.6 is 0 Å². The largest absolute Gasteiger partial charge is 0 e. The van der Waals surface area contributed by atoms with Gasteiger partial charge in [0.15, 0.2) is 0 Å². The van der Waals surface area contributed by atoms with Gasteiger partial charge in [0.2, 0.25) is 0 Å². The third-order valence-corrected chi connectivity index (χ3v) is 0. The molecule has 0 N–H and O–H groups in total. The molecule has 0 fully saturated rings. The van der Waals surface area contributed by atoms with Gasteiger partial charge < -0.3 is 0 Å². The van der Waals surface area contributed by atoms with Crippen molar-refractivity contribution in [2.24, 2.45) is 0 Å². The second kappa shape index (κ2) is 16.4. The van der Waals surface area contributed by atoms with Crippen molar-refractivity contribution in [1.29, 1.82) is 0 Å². The fourth-order valence-electron chi connectivity index (χ4n) is 0. The third kappa shape index (κ3) is 8.94. The standard InChI is InChI=1S/Cr.Ga.Sc.Y. The molecule has 0 rings (SSSR count). The van der Waals surface area contributed by atoms with E-state index < -0.39 is 0 Å². The van der Waals surface area contributed by atoms with Crippen molar-refractivity contribution in [1.82, 2.24) is 0 Å². The van der Waals surface area contributed by atoms with Gasteiger partial charge in [-0.05, 0) is 0 Å². The van der Waals surface area contributed by atoms with Gasteiger partial charge in [-0.15, -0.1) is 0 Å². The Morgan fingerprint density at radius 1 is 1.00 bits per heavy atom. The molecule has 0 aliphatic heterocycles. The van der Waals surface area contributed by atoms with Crippen molar-refractivity contribution in [3.8, 4) is 0 Å². The van der Waals surface area contributed by atoms with Gasteiger partial charge in [0.25, 0.3) is 0 Å². The van der Waals surface area contributed by atoms with Crippen molar-refractivity contribution >= 4 is 19.8 Å². The van der Waals surface area contributed by atoms with E-state index >= 15 is 0 Å². The van der Waals surface area contributed by atoms with Gasteiger partial charge in [-0.1, -0.05) is 0 Å². The predicted molar refractivity (Wildman–Crippen MR) is 5.75 cm³/mol. The normalized spacial score (nSPS) is 0. The van der Waals surface area contributed by atoms with E-state index in [0.29, 0.717) is 0 Å². The zero-order chi connectivity index (χ0) is 0. The summed E-state index contributed by atoms with van der Waals surface area (Å²) >= 11 is 0. The molecule has 0 aromatic carbocycles. The topological polar surface area (TPSA) is 0 Å². The quantitative estimate of drug-likeness (QED) is 0.518. The maximum absolute atomic E-state index is 0. The van der Waals surface area contributed by atoms with Gasteiger partial charge in [-0.3, -0.25) is 0 Å². The molecule has 15 valence electrons. The Morgan fingerprint density at radius 3 is 1.00 bits per heavy atom. The minimum Gasteiger partial charge on any atom is 0 e. The number of rotatable bonds is 0. The average Bonchev–Trinajstić information content (AvgIpc) is 0. The van der Waals surface area contributed by atoms with Crippen LogP contribution in [0.25, 0.3) is 0 Å². The molecule has 0 aromatic rings. The Hall–Kier alpha value is 3.14. The summed E-state index contributed by atoms with van der Waals surface area (Å²) in [4.78, 5) is 0. The van der Waals surface area contributed by atoms with Crippen LogP contribution in [0.1, 0.15) is 0 Å². The van der Waals surface area contributed by atoms with Gasteiger partial charge in [-0.2, -0.15) is 0 Å². The third-order valence-electron chi connectivity index (χ3n) is 0. The molecule has 0 atom stereocenters. The number of hydrogen-bond donors (Lipinski definition) is 0. The summed E-state index contributed by atoms with van der Waals surface area (Å²) in [7, 11) is 0. The van der Waals surface area contributed by atoms with E-state index in [1.165, 1.54) is 0 Å². The number of hydrogen-bond acceptors (Lipinski definition) is 0. The molecule has 5 radical (unpaired) electrons. The first-order valence-electron chi connectivity index (χ1n) is 0. The average molecular weight is 256 g/mol. The smallest absolute Gasteiger partial charge is 0 e. The summed E-state index contributed by atoms with van der Waals surface area (Å²) in [5.41, 5.74) is 0. The van der Waals surface area contributed by atoms with Gasteiger partial charge in [0.1, 0.15) is 0 Å². The Morgan fingerprint density at radius 2 is 1.00 bits per heavy atom. The summed E-state index contributed by atoms with van der Waals surface area (Å²) in [5, 5.41) is 0. The van der Waals surface area contributed by atoms with Gasteiger partial charge >= 0.3 is 0 Å². The summed E-state index contributed by atoms with van der Waals surface area (Å²) < 4.78 is 0. The van der Waals surface area contributed by atoms with Gasteiger partial charge in [0, 0.05) is 95.7 Å². The Balaban J connectivity index is 0. The first kappa shape index (κ1) is 27.3. The fourth-order valence-corrected chi connectivity index (χ4v) is 0. The summed E-state index contributed by atoms with van der Waals surface area (Å²) in [6, 6.07) is 0. The van der Waals surface area contributed by atoms with E-state index in [1.807, 2.05) is 0 Å². The first-order valence-corrected chi connectivity index (χ1v) is 0. The molecule has 0 heterocycles. The summed E-state index contributed by atoms with van der Waals surface area (Å²) in [5.74, 6) is 0. The van der Waals surface area contributed by atoms with E-state index in [0.717, 1.165) is 0 Å². The molecule has 0 bridgehead atoms. The second-order valence-electron chi connectivity index (χ2n) is 0. The monoisotopic (exact) mass is 255 g/mol. The molecule has 0 spiro atoms. The summed E-state index contributed by atoms with van der Waals surface area (Å²) in [6.45, 7) is 0. The maximum atomic E-state index is 0. The van der Waals surface area contributed by atoms with Gasteiger partial charge in [-0.25, -0.2) is 0 Å². The zero-order valence-corrected chi connectivity index (χ0v) is 10.5. The molecular weight excluding hydrogens is 256 g/mol. The summed E-state index contributed by atoms with van der Waals surface area (Å²) in [6.07, 6.45) is 0. The molecule has 0 aliphatic carbocycles. The second-order valence-corrected chi connectivity index (χ2v) is 0. The van der Waals surface area contributed by atoms with E-state index in [-0.39, 0.29) is 95.7 Å². The molecule has 0 aromatic heterocycles. The minimum absolute atomic E-state index is 0. The van der Waals surface area contributed by atoms with Gasteiger partial charge in [0.05, 0.1) is 0 Å². The van der Waals surface area contributed by atoms with Crippen LogP contribution in [0.2, 0.25) is 0 Å². The molecule has 0 saturated carbocycles. The van der Waals surface area contributed by atoms with E-state index in [4.69, 9.17) is 0 Å². The van der Waals surface area contributed by atoms with Crippen LogP contribution in [0.5, 0.6) is 0 Å². The van der Waals surface area contributed by atoms with Crippen molar-refractivity contribution in [2.45, 2.75) is 0 Å². The first-order chi connectivity index (χ1) is 0. The zero-order valence-electron chi connectivity index (χ0n) is 2.14. The van der Waals surface area contributed by atoms with E-state index in [9.17, 15) is 0 Å². The molecule has 4 heavy (non-hydrogen) atoms. The van der Waals surface area contributed by atoms with Crippen molar-refractivity contribution in [2.75, 3.05) is 0 Å². The molecule has 4 heteroatoms. The Labute approximate surface area is 93.7 Å². The maximum Gasteiger partial charge on any atom is 0 e. The van der Waals surface area contributed by atoms with E-state index in [1.54, 1.807) is 0 Å². The molecule has 0 amide bonds. The predicted octanol–water partition coefficient (Wildman–Crippen LogP) is -0.388. The molecule has 0 saturated heterocycles. The van der Waals surface area contributed by atoms with Crippen LogP contribution < -0.4 is 0 Å². The Kier molecular flexibility index (Phi) is 112. The SMILES string of the molecule is [Cr].[Ga].[Sc].[Y]. The van der Waals surface area contributed by atoms with Crippen molar-refractivity contribution in [3.63, 3.8) is 0 Å². The van der Waals surface area contributed by atoms with Crippen LogP contribution in [0.15, 0.2) is 0 Å². The molecule has 0 unspecified atom stereocenters. The fraction of sp³-hybridized carbons (Fsp3) is 0.